The molecule has 0 spiro atoms. The highest BCUT2D eigenvalue weighted by molar-refractivity contribution is 5.84. The van der Waals surface area contributed by atoms with Gasteiger partial charge in [0.15, 0.2) is 11.5 Å². The number of rotatable bonds is 2. The monoisotopic (exact) mass is 385 g/mol. The van der Waals surface area contributed by atoms with Crippen LogP contribution in [0.4, 0.5) is 13.2 Å². The Balaban J connectivity index is 1.76. The summed E-state index contributed by atoms with van der Waals surface area (Å²) >= 11 is 0. The molecule has 4 rings (SSSR count). The Kier molecular flexibility index (Phi) is 4.58. The minimum Gasteiger partial charge on any atom is -0.489 e. The Labute approximate surface area is 152 Å². The fourth-order valence-corrected chi connectivity index (χ4v) is 3.21. The van der Waals surface area contributed by atoms with Crippen molar-refractivity contribution >= 4 is 16.9 Å². The maximum atomic E-state index is 13.5. The number of halogens is 3. The Morgan fingerprint density at radius 2 is 1.74 bits per heavy atom. The Morgan fingerprint density at radius 1 is 1.07 bits per heavy atom. The highest BCUT2D eigenvalue weighted by atomic mass is 19.4. The van der Waals surface area contributed by atoms with E-state index in [9.17, 15) is 18.0 Å². The molecule has 1 aromatic heterocycles. The van der Waals surface area contributed by atoms with E-state index in [1.807, 2.05) is 0 Å². The van der Waals surface area contributed by atoms with Crippen LogP contribution in [0.5, 0.6) is 11.5 Å². The number of hydrogen-bond donors (Lipinski definition) is 0. The van der Waals surface area contributed by atoms with E-state index in [2.05, 4.69) is 4.98 Å². The molecule has 1 fully saturated rings. The van der Waals surface area contributed by atoms with Crippen LogP contribution in [0, 0.1) is 0 Å². The highest BCUT2D eigenvalue weighted by Crippen LogP contribution is 2.37. The SMILES string of the molecule is O=C(Cn1c(C(F)(F)F)nc2cc3c(cc21)OCCCO3)N1CCOCC1. The van der Waals surface area contributed by atoms with E-state index in [1.165, 1.54) is 17.0 Å². The molecule has 0 N–H and O–H groups in total. The molecule has 1 amide bonds. The number of carbonyl (C=O) groups excluding carboxylic acids is 1. The average molecular weight is 385 g/mol. The average Bonchev–Trinajstić information content (AvgIpc) is 2.84. The summed E-state index contributed by atoms with van der Waals surface area (Å²) in [4.78, 5) is 17.8. The first-order valence-electron chi connectivity index (χ1n) is 8.66. The fourth-order valence-electron chi connectivity index (χ4n) is 3.21. The lowest BCUT2D eigenvalue weighted by atomic mass is 10.2. The standard InChI is InChI=1S/C17H18F3N3O4/c18-17(19,20)16-21-11-8-13-14(27-5-1-4-26-13)9-12(11)23(16)10-15(24)22-2-6-25-7-3-22/h8-9H,1-7,10H2. The van der Waals surface area contributed by atoms with Gasteiger partial charge >= 0.3 is 6.18 Å². The summed E-state index contributed by atoms with van der Waals surface area (Å²) in [5, 5.41) is 0. The molecule has 2 aliphatic rings. The molecule has 10 heteroatoms. The van der Waals surface area contributed by atoms with Gasteiger partial charge in [0, 0.05) is 31.6 Å². The van der Waals surface area contributed by atoms with Crippen molar-refractivity contribution in [1.82, 2.24) is 14.5 Å². The van der Waals surface area contributed by atoms with E-state index in [-0.39, 0.29) is 11.0 Å². The summed E-state index contributed by atoms with van der Waals surface area (Å²) in [5.41, 5.74) is 0.300. The number of nitrogens with zero attached hydrogens (tertiary/aromatic N) is 3. The number of carbonyl (C=O) groups is 1. The molecule has 0 radical (unpaired) electrons. The third-order valence-electron chi connectivity index (χ3n) is 4.53. The molecule has 2 aliphatic heterocycles. The predicted molar refractivity (Wildman–Crippen MR) is 87.7 cm³/mol. The third kappa shape index (κ3) is 3.53. The van der Waals surface area contributed by atoms with Crippen LogP contribution < -0.4 is 9.47 Å². The van der Waals surface area contributed by atoms with Gasteiger partial charge in [0.1, 0.15) is 6.54 Å². The van der Waals surface area contributed by atoms with Gasteiger partial charge in [0.2, 0.25) is 11.7 Å². The van der Waals surface area contributed by atoms with Crippen LogP contribution in [-0.4, -0.2) is 59.9 Å². The summed E-state index contributed by atoms with van der Waals surface area (Å²) < 4.78 is 57.8. The van der Waals surface area contributed by atoms with Gasteiger partial charge in [-0.15, -0.1) is 0 Å². The van der Waals surface area contributed by atoms with Crippen molar-refractivity contribution in [2.75, 3.05) is 39.5 Å². The number of ether oxygens (including phenoxy) is 3. The number of imidazole rings is 1. The number of amides is 1. The molecule has 0 unspecified atom stereocenters. The van der Waals surface area contributed by atoms with Crippen LogP contribution in [0.2, 0.25) is 0 Å². The maximum Gasteiger partial charge on any atom is 0.449 e. The van der Waals surface area contributed by atoms with E-state index in [0.29, 0.717) is 57.4 Å². The smallest absolute Gasteiger partial charge is 0.449 e. The van der Waals surface area contributed by atoms with Crippen molar-refractivity contribution in [3.63, 3.8) is 0 Å². The Hall–Kier alpha value is -2.49. The molecule has 0 bridgehead atoms. The van der Waals surface area contributed by atoms with Gasteiger partial charge in [-0.3, -0.25) is 4.79 Å². The number of hydrogen-bond acceptors (Lipinski definition) is 5. The van der Waals surface area contributed by atoms with Gasteiger partial charge in [-0.05, 0) is 0 Å². The molecular formula is C17H18F3N3O4. The zero-order valence-electron chi connectivity index (χ0n) is 14.4. The highest BCUT2D eigenvalue weighted by Gasteiger charge is 2.38. The first-order chi connectivity index (χ1) is 12.9. The molecule has 2 aromatic rings. The lowest BCUT2D eigenvalue weighted by Gasteiger charge is -2.27. The van der Waals surface area contributed by atoms with E-state index < -0.39 is 24.5 Å². The van der Waals surface area contributed by atoms with Gasteiger partial charge in [-0.1, -0.05) is 0 Å². The molecule has 3 heterocycles. The second-order valence-corrected chi connectivity index (χ2v) is 6.35. The number of fused-ring (bicyclic) bond motifs is 2. The molecule has 0 atom stereocenters. The third-order valence-corrected chi connectivity index (χ3v) is 4.53. The van der Waals surface area contributed by atoms with E-state index in [4.69, 9.17) is 14.2 Å². The van der Waals surface area contributed by atoms with Crippen molar-refractivity contribution in [1.29, 1.82) is 0 Å². The molecule has 1 aromatic carbocycles. The molecule has 27 heavy (non-hydrogen) atoms. The minimum atomic E-state index is -4.69. The number of aromatic nitrogens is 2. The Bertz CT molecular complexity index is 859. The second-order valence-electron chi connectivity index (χ2n) is 6.35. The zero-order valence-corrected chi connectivity index (χ0v) is 14.4. The topological polar surface area (TPSA) is 65.8 Å². The molecule has 0 saturated carbocycles. The predicted octanol–water partition coefficient (Wildman–Crippen LogP) is 2.08. The van der Waals surface area contributed by atoms with E-state index in [1.54, 1.807) is 0 Å². The van der Waals surface area contributed by atoms with Crippen molar-refractivity contribution in [3.05, 3.63) is 18.0 Å². The van der Waals surface area contributed by atoms with Crippen molar-refractivity contribution in [2.24, 2.45) is 0 Å². The van der Waals surface area contributed by atoms with E-state index in [0.717, 1.165) is 4.57 Å². The molecule has 1 saturated heterocycles. The molecule has 146 valence electrons. The van der Waals surface area contributed by atoms with Gasteiger partial charge < -0.3 is 23.7 Å². The molecule has 7 nitrogen and oxygen atoms in total. The maximum absolute atomic E-state index is 13.5. The van der Waals surface area contributed by atoms with Crippen LogP contribution >= 0.6 is 0 Å². The quantitative estimate of drug-likeness (QED) is 0.792. The van der Waals surface area contributed by atoms with Gasteiger partial charge in [0.05, 0.1) is 37.5 Å². The first kappa shape index (κ1) is 17.9. The van der Waals surface area contributed by atoms with Gasteiger partial charge in [-0.2, -0.15) is 13.2 Å². The zero-order chi connectivity index (χ0) is 19.0. The fraction of sp³-hybridized carbons (Fsp3) is 0.529. The lowest BCUT2D eigenvalue weighted by Crippen LogP contribution is -2.42. The number of morpholine rings is 1. The summed E-state index contributed by atoms with van der Waals surface area (Å²) in [6.45, 7) is 1.85. The Morgan fingerprint density at radius 3 is 2.41 bits per heavy atom. The van der Waals surface area contributed by atoms with Crippen LogP contribution in [0.15, 0.2) is 12.1 Å². The molecular weight excluding hydrogens is 367 g/mol. The van der Waals surface area contributed by atoms with Gasteiger partial charge in [-0.25, -0.2) is 4.98 Å². The van der Waals surface area contributed by atoms with Crippen LogP contribution in [0.1, 0.15) is 12.2 Å². The molecule has 0 aliphatic carbocycles. The van der Waals surface area contributed by atoms with Crippen LogP contribution in [0.25, 0.3) is 11.0 Å². The summed E-state index contributed by atoms with van der Waals surface area (Å²) in [5.74, 6) is -0.805. The number of benzene rings is 1. The van der Waals surface area contributed by atoms with E-state index >= 15 is 0 Å². The number of alkyl halides is 3. The van der Waals surface area contributed by atoms with Crippen molar-refractivity contribution in [2.45, 2.75) is 19.1 Å². The lowest BCUT2D eigenvalue weighted by molar-refractivity contribution is -0.148. The normalized spacial score (nSPS) is 17.8. The summed E-state index contributed by atoms with van der Waals surface area (Å²) in [6.07, 6.45) is -4.01. The largest absolute Gasteiger partial charge is 0.489 e. The van der Waals surface area contributed by atoms with Crippen LogP contribution in [0.3, 0.4) is 0 Å². The van der Waals surface area contributed by atoms with Crippen LogP contribution in [-0.2, 0) is 22.3 Å². The first-order valence-corrected chi connectivity index (χ1v) is 8.66. The van der Waals surface area contributed by atoms with Gasteiger partial charge in [0.25, 0.3) is 0 Å². The van der Waals surface area contributed by atoms with Crippen molar-refractivity contribution < 1.29 is 32.2 Å². The van der Waals surface area contributed by atoms with Crippen molar-refractivity contribution in [3.8, 4) is 11.5 Å². The minimum absolute atomic E-state index is 0.112. The second kappa shape index (κ2) is 6.91. The summed E-state index contributed by atoms with van der Waals surface area (Å²) in [6, 6.07) is 2.89. The summed E-state index contributed by atoms with van der Waals surface area (Å²) in [7, 11) is 0.